The lowest BCUT2D eigenvalue weighted by atomic mass is 10.2. The van der Waals surface area contributed by atoms with Crippen LogP contribution in [0.2, 0.25) is 0 Å². The van der Waals surface area contributed by atoms with Gasteiger partial charge >= 0.3 is 6.18 Å². The highest BCUT2D eigenvalue weighted by atomic mass is 19.4. The molecule has 0 bridgehead atoms. The van der Waals surface area contributed by atoms with Crippen LogP contribution in [0.4, 0.5) is 13.2 Å². The second-order valence-electron chi connectivity index (χ2n) is 5.00. The van der Waals surface area contributed by atoms with E-state index in [0.29, 0.717) is 19.2 Å². The molecule has 108 valence electrons. The van der Waals surface area contributed by atoms with E-state index in [0.717, 1.165) is 19.2 Å². The van der Waals surface area contributed by atoms with Crippen molar-refractivity contribution in [2.45, 2.75) is 38.7 Å². The smallest absolute Gasteiger partial charge is 0.374 e. The van der Waals surface area contributed by atoms with Gasteiger partial charge in [0.25, 0.3) is 0 Å². The molecule has 0 aromatic carbocycles. The Morgan fingerprint density at radius 1 is 1.47 bits per heavy atom. The molecule has 1 aliphatic rings. The fourth-order valence-electron chi connectivity index (χ4n) is 2.14. The molecule has 0 radical (unpaired) electrons. The van der Waals surface area contributed by atoms with Crippen LogP contribution in [0, 0.1) is 0 Å². The van der Waals surface area contributed by atoms with Gasteiger partial charge in [-0.15, -0.1) is 0 Å². The first-order valence-electron chi connectivity index (χ1n) is 6.32. The van der Waals surface area contributed by atoms with Gasteiger partial charge in [0.1, 0.15) is 0 Å². The molecule has 1 aromatic rings. The first-order valence-corrected chi connectivity index (χ1v) is 6.32. The minimum atomic E-state index is -4.39. The summed E-state index contributed by atoms with van der Waals surface area (Å²) in [6.07, 6.45) is -3.15. The van der Waals surface area contributed by atoms with E-state index >= 15 is 0 Å². The standard InChI is InChI=1S/C12H18F3N3O/c1-9(2)17-5-6-19-10(7-17)8-18-4-3-11(16-18)12(13,14)15/h3-4,9-10H,5-8H2,1-2H3. The molecule has 0 aliphatic carbocycles. The molecular formula is C12H18F3N3O. The Balaban J connectivity index is 1.95. The molecule has 2 rings (SSSR count). The number of ether oxygens (including phenoxy) is 1. The molecule has 0 N–H and O–H groups in total. The Bertz CT molecular complexity index is 417. The topological polar surface area (TPSA) is 30.3 Å². The summed E-state index contributed by atoms with van der Waals surface area (Å²) in [7, 11) is 0. The number of morpholine rings is 1. The van der Waals surface area contributed by atoms with Crippen molar-refractivity contribution in [1.82, 2.24) is 14.7 Å². The van der Waals surface area contributed by atoms with Crippen molar-refractivity contribution in [3.63, 3.8) is 0 Å². The van der Waals surface area contributed by atoms with Crippen LogP contribution in [-0.2, 0) is 17.5 Å². The molecule has 1 atom stereocenters. The Morgan fingerprint density at radius 2 is 2.21 bits per heavy atom. The molecule has 7 heteroatoms. The average molecular weight is 277 g/mol. The Hall–Kier alpha value is -1.08. The number of aromatic nitrogens is 2. The van der Waals surface area contributed by atoms with Crippen LogP contribution in [-0.4, -0.2) is 46.5 Å². The number of hydrogen-bond acceptors (Lipinski definition) is 3. The Morgan fingerprint density at radius 3 is 2.79 bits per heavy atom. The Kier molecular flexibility index (Phi) is 4.15. The van der Waals surface area contributed by atoms with E-state index in [9.17, 15) is 13.2 Å². The zero-order valence-corrected chi connectivity index (χ0v) is 11.0. The fraction of sp³-hybridized carbons (Fsp3) is 0.750. The second-order valence-corrected chi connectivity index (χ2v) is 5.00. The summed E-state index contributed by atoms with van der Waals surface area (Å²) in [6.45, 7) is 6.73. The van der Waals surface area contributed by atoms with Gasteiger partial charge in [-0.1, -0.05) is 0 Å². The molecule has 1 saturated heterocycles. The van der Waals surface area contributed by atoms with Crippen molar-refractivity contribution in [3.8, 4) is 0 Å². The average Bonchev–Trinajstić information content (AvgIpc) is 2.77. The molecule has 2 heterocycles. The molecule has 0 amide bonds. The summed E-state index contributed by atoms with van der Waals surface area (Å²) >= 11 is 0. The van der Waals surface area contributed by atoms with Gasteiger partial charge in [-0.2, -0.15) is 18.3 Å². The highest BCUT2D eigenvalue weighted by molar-refractivity contribution is 5.03. The molecular weight excluding hydrogens is 259 g/mol. The van der Waals surface area contributed by atoms with E-state index in [-0.39, 0.29) is 6.10 Å². The molecule has 1 aromatic heterocycles. The normalized spacial score (nSPS) is 22.1. The maximum atomic E-state index is 12.4. The third-order valence-electron chi connectivity index (χ3n) is 3.22. The van der Waals surface area contributed by atoms with Crippen molar-refractivity contribution in [2.75, 3.05) is 19.7 Å². The monoisotopic (exact) mass is 277 g/mol. The van der Waals surface area contributed by atoms with Gasteiger partial charge < -0.3 is 4.74 Å². The van der Waals surface area contributed by atoms with Gasteiger partial charge in [0.2, 0.25) is 0 Å². The minimum absolute atomic E-state index is 0.114. The first kappa shape index (κ1) is 14.3. The zero-order valence-electron chi connectivity index (χ0n) is 11.0. The fourth-order valence-corrected chi connectivity index (χ4v) is 2.14. The van der Waals surface area contributed by atoms with E-state index in [4.69, 9.17) is 4.74 Å². The predicted octanol–water partition coefficient (Wildman–Crippen LogP) is 2.01. The lowest BCUT2D eigenvalue weighted by Gasteiger charge is -2.35. The van der Waals surface area contributed by atoms with Gasteiger partial charge in [-0.25, -0.2) is 0 Å². The van der Waals surface area contributed by atoms with Crippen molar-refractivity contribution in [1.29, 1.82) is 0 Å². The largest absolute Gasteiger partial charge is 0.435 e. The second kappa shape index (κ2) is 5.50. The zero-order chi connectivity index (χ0) is 14.0. The molecule has 0 spiro atoms. The van der Waals surface area contributed by atoms with Gasteiger partial charge in [-0.3, -0.25) is 9.58 Å². The molecule has 4 nitrogen and oxygen atoms in total. The van der Waals surface area contributed by atoms with Crippen LogP contribution in [0.25, 0.3) is 0 Å². The number of nitrogens with zero attached hydrogens (tertiary/aromatic N) is 3. The Labute approximate surface area is 110 Å². The van der Waals surface area contributed by atoms with Gasteiger partial charge in [0, 0.05) is 25.3 Å². The van der Waals surface area contributed by atoms with Crippen molar-refractivity contribution in [2.24, 2.45) is 0 Å². The summed E-state index contributed by atoms with van der Waals surface area (Å²) in [5.41, 5.74) is -0.857. The van der Waals surface area contributed by atoms with E-state index in [1.54, 1.807) is 0 Å². The maximum Gasteiger partial charge on any atom is 0.435 e. The number of alkyl halides is 3. The summed E-state index contributed by atoms with van der Waals surface area (Å²) in [5.74, 6) is 0. The third-order valence-corrected chi connectivity index (χ3v) is 3.22. The van der Waals surface area contributed by atoms with Gasteiger partial charge in [0.05, 0.1) is 19.3 Å². The van der Waals surface area contributed by atoms with Crippen LogP contribution in [0.15, 0.2) is 12.3 Å². The number of rotatable bonds is 3. The molecule has 0 saturated carbocycles. The number of hydrogen-bond donors (Lipinski definition) is 0. The summed E-state index contributed by atoms with van der Waals surface area (Å²) in [4.78, 5) is 2.25. The van der Waals surface area contributed by atoms with Crippen LogP contribution in [0.1, 0.15) is 19.5 Å². The summed E-state index contributed by atoms with van der Waals surface area (Å²) in [6, 6.07) is 1.40. The van der Waals surface area contributed by atoms with Gasteiger partial charge in [-0.05, 0) is 19.9 Å². The van der Waals surface area contributed by atoms with E-state index in [1.807, 2.05) is 0 Å². The lowest BCUT2D eigenvalue weighted by Crippen LogP contribution is -2.47. The van der Waals surface area contributed by atoms with E-state index in [2.05, 4.69) is 23.8 Å². The SMILES string of the molecule is CC(C)N1CCOC(Cn2ccc(C(F)(F)F)n2)C1. The first-order chi connectivity index (χ1) is 8.86. The van der Waals surface area contributed by atoms with Gasteiger partial charge in [0.15, 0.2) is 5.69 Å². The van der Waals surface area contributed by atoms with E-state index < -0.39 is 11.9 Å². The molecule has 1 unspecified atom stereocenters. The van der Waals surface area contributed by atoms with Crippen LogP contribution in [0.3, 0.4) is 0 Å². The molecule has 19 heavy (non-hydrogen) atoms. The van der Waals surface area contributed by atoms with Crippen molar-refractivity contribution >= 4 is 0 Å². The summed E-state index contributed by atoms with van der Waals surface area (Å²) in [5, 5.41) is 3.54. The lowest BCUT2D eigenvalue weighted by molar-refractivity contribution is -0.141. The van der Waals surface area contributed by atoms with Crippen LogP contribution in [0.5, 0.6) is 0 Å². The number of halogens is 3. The third kappa shape index (κ3) is 3.70. The maximum absolute atomic E-state index is 12.4. The van der Waals surface area contributed by atoms with Crippen molar-refractivity contribution in [3.05, 3.63) is 18.0 Å². The molecule has 1 fully saturated rings. The highest BCUT2D eigenvalue weighted by Crippen LogP contribution is 2.27. The van der Waals surface area contributed by atoms with Crippen LogP contribution >= 0.6 is 0 Å². The predicted molar refractivity (Wildman–Crippen MR) is 63.7 cm³/mol. The van der Waals surface area contributed by atoms with Crippen molar-refractivity contribution < 1.29 is 17.9 Å². The van der Waals surface area contributed by atoms with E-state index in [1.165, 1.54) is 10.9 Å². The summed E-state index contributed by atoms with van der Waals surface area (Å²) < 4.78 is 44.2. The highest BCUT2D eigenvalue weighted by Gasteiger charge is 2.33. The van der Waals surface area contributed by atoms with Crippen LogP contribution < -0.4 is 0 Å². The molecule has 1 aliphatic heterocycles. The minimum Gasteiger partial charge on any atom is -0.374 e. The quantitative estimate of drug-likeness (QED) is 0.846.